The Kier molecular flexibility index (Phi) is 4.86. The van der Waals surface area contributed by atoms with Gasteiger partial charge in [-0.2, -0.15) is 0 Å². The minimum absolute atomic E-state index is 0.121. The molecule has 0 spiro atoms. The Morgan fingerprint density at radius 1 is 1.15 bits per heavy atom. The molecule has 0 saturated carbocycles. The molecule has 1 aromatic carbocycles. The first-order chi connectivity index (χ1) is 12.8. The van der Waals surface area contributed by atoms with Crippen molar-refractivity contribution in [2.24, 2.45) is 5.92 Å². The number of anilines is 1. The number of benzene rings is 1. The van der Waals surface area contributed by atoms with E-state index in [0.29, 0.717) is 6.54 Å². The molecule has 1 saturated heterocycles. The number of nitrogens with zero attached hydrogens (tertiary/aromatic N) is 2. The van der Waals surface area contributed by atoms with Crippen LogP contribution in [0.15, 0.2) is 55.0 Å². The normalized spacial score (nSPS) is 15.3. The van der Waals surface area contributed by atoms with Crippen LogP contribution in [-0.2, 0) is 11.2 Å². The number of hydrogen-bond donors (Lipinski definition) is 2. The van der Waals surface area contributed by atoms with Crippen LogP contribution in [0.5, 0.6) is 0 Å². The van der Waals surface area contributed by atoms with Gasteiger partial charge < -0.3 is 15.2 Å². The zero-order valence-corrected chi connectivity index (χ0v) is 14.8. The molecule has 2 aromatic heterocycles. The summed E-state index contributed by atoms with van der Waals surface area (Å²) in [6.07, 6.45) is 8.34. The maximum Gasteiger partial charge on any atom is 0.223 e. The molecule has 0 atom stereocenters. The van der Waals surface area contributed by atoms with E-state index in [2.05, 4.69) is 38.4 Å². The zero-order chi connectivity index (χ0) is 17.8. The molecule has 1 aliphatic heterocycles. The Morgan fingerprint density at radius 3 is 2.73 bits per heavy atom. The maximum atomic E-state index is 12.5. The third kappa shape index (κ3) is 3.57. The van der Waals surface area contributed by atoms with E-state index in [1.807, 2.05) is 36.8 Å². The summed E-state index contributed by atoms with van der Waals surface area (Å²) < 4.78 is 0. The summed E-state index contributed by atoms with van der Waals surface area (Å²) in [5.41, 5.74) is 3.60. The van der Waals surface area contributed by atoms with E-state index < -0.39 is 0 Å². The molecule has 134 valence electrons. The molecule has 1 amide bonds. The second-order valence-corrected chi connectivity index (χ2v) is 6.87. The number of piperidine rings is 1. The quantitative estimate of drug-likeness (QED) is 0.745. The zero-order valence-electron chi connectivity index (χ0n) is 14.8. The SMILES string of the molecule is O=C(NCCc1c[nH]c2ccccc12)C1CCN(c2ccncc2)CC1. The fourth-order valence-electron chi connectivity index (χ4n) is 3.76. The van der Waals surface area contributed by atoms with E-state index in [9.17, 15) is 4.79 Å². The van der Waals surface area contributed by atoms with E-state index in [4.69, 9.17) is 0 Å². The highest BCUT2D eigenvalue weighted by molar-refractivity contribution is 5.83. The summed E-state index contributed by atoms with van der Waals surface area (Å²) in [5, 5.41) is 4.37. The largest absolute Gasteiger partial charge is 0.371 e. The predicted molar refractivity (Wildman–Crippen MR) is 104 cm³/mol. The van der Waals surface area contributed by atoms with Gasteiger partial charge >= 0.3 is 0 Å². The number of fused-ring (bicyclic) bond motifs is 1. The first-order valence-corrected chi connectivity index (χ1v) is 9.29. The van der Waals surface area contributed by atoms with Gasteiger partial charge in [-0.25, -0.2) is 0 Å². The molecule has 1 aliphatic rings. The standard InChI is InChI=1S/C21H24N4O/c26-21(16-8-13-25(14-9-16)18-6-10-22-11-7-18)23-12-5-17-15-24-20-4-2-1-3-19(17)20/h1-4,6-7,10-11,15-16,24H,5,8-9,12-14H2,(H,23,26). The van der Waals surface area contributed by atoms with Gasteiger partial charge in [0.2, 0.25) is 5.91 Å². The number of carbonyl (C=O) groups excluding carboxylic acids is 1. The molecule has 0 bridgehead atoms. The van der Waals surface area contributed by atoms with Crippen molar-refractivity contribution in [2.45, 2.75) is 19.3 Å². The number of nitrogens with one attached hydrogen (secondary N) is 2. The van der Waals surface area contributed by atoms with Crippen molar-refractivity contribution in [2.75, 3.05) is 24.5 Å². The number of para-hydroxylation sites is 1. The van der Waals surface area contributed by atoms with Crippen LogP contribution in [0.1, 0.15) is 18.4 Å². The van der Waals surface area contributed by atoms with Crippen LogP contribution in [0.25, 0.3) is 10.9 Å². The molecule has 5 nitrogen and oxygen atoms in total. The van der Waals surface area contributed by atoms with Gasteiger partial charge in [-0.15, -0.1) is 0 Å². The van der Waals surface area contributed by atoms with E-state index in [-0.39, 0.29) is 11.8 Å². The monoisotopic (exact) mass is 348 g/mol. The van der Waals surface area contributed by atoms with Crippen molar-refractivity contribution in [3.05, 3.63) is 60.6 Å². The van der Waals surface area contributed by atoms with Crippen LogP contribution in [-0.4, -0.2) is 35.5 Å². The molecule has 0 radical (unpaired) electrons. The summed E-state index contributed by atoms with van der Waals surface area (Å²) in [5.74, 6) is 0.315. The summed E-state index contributed by atoms with van der Waals surface area (Å²) in [6, 6.07) is 12.3. The van der Waals surface area contributed by atoms with Gasteiger partial charge in [0.05, 0.1) is 0 Å². The number of carbonyl (C=O) groups is 1. The fourth-order valence-corrected chi connectivity index (χ4v) is 3.76. The highest BCUT2D eigenvalue weighted by Gasteiger charge is 2.24. The lowest BCUT2D eigenvalue weighted by Crippen LogP contribution is -2.41. The van der Waals surface area contributed by atoms with Crippen molar-refractivity contribution in [3.63, 3.8) is 0 Å². The lowest BCUT2D eigenvalue weighted by atomic mass is 9.95. The van der Waals surface area contributed by atoms with Gasteiger partial charge in [-0.3, -0.25) is 9.78 Å². The molecule has 0 aliphatic carbocycles. The highest BCUT2D eigenvalue weighted by atomic mass is 16.1. The number of amides is 1. The average molecular weight is 348 g/mol. The summed E-state index contributed by atoms with van der Waals surface area (Å²) >= 11 is 0. The van der Waals surface area contributed by atoms with Gasteiger partial charge in [0, 0.05) is 60.7 Å². The summed E-state index contributed by atoms with van der Waals surface area (Å²) in [4.78, 5) is 22.2. The third-order valence-corrected chi connectivity index (χ3v) is 5.26. The Balaban J connectivity index is 1.26. The van der Waals surface area contributed by atoms with Gasteiger partial charge in [-0.05, 0) is 43.0 Å². The minimum Gasteiger partial charge on any atom is -0.371 e. The molecule has 1 fully saturated rings. The second-order valence-electron chi connectivity index (χ2n) is 6.87. The number of aromatic amines is 1. The second kappa shape index (κ2) is 7.60. The third-order valence-electron chi connectivity index (χ3n) is 5.26. The molecule has 2 N–H and O–H groups in total. The van der Waals surface area contributed by atoms with Crippen molar-refractivity contribution in [1.29, 1.82) is 0 Å². The van der Waals surface area contributed by atoms with Crippen molar-refractivity contribution < 1.29 is 4.79 Å². The summed E-state index contributed by atoms with van der Waals surface area (Å²) in [6.45, 7) is 2.53. The van der Waals surface area contributed by atoms with Crippen molar-refractivity contribution in [1.82, 2.24) is 15.3 Å². The summed E-state index contributed by atoms with van der Waals surface area (Å²) in [7, 11) is 0. The van der Waals surface area contributed by atoms with E-state index in [1.54, 1.807) is 0 Å². The fraction of sp³-hybridized carbons (Fsp3) is 0.333. The van der Waals surface area contributed by atoms with E-state index in [0.717, 1.165) is 37.9 Å². The highest BCUT2D eigenvalue weighted by Crippen LogP contribution is 2.23. The van der Waals surface area contributed by atoms with E-state index >= 15 is 0 Å². The van der Waals surface area contributed by atoms with Crippen LogP contribution in [0.4, 0.5) is 5.69 Å². The smallest absolute Gasteiger partial charge is 0.223 e. The number of rotatable bonds is 5. The Labute approximate surface area is 153 Å². The van der Waals surface area contributed by atoms with Gasteiger partial charge in [0.25, 0.3) is 0 Å². The Bertz CT molecular complexity index is 866. The van der Waals surface area contributed by atoms with Crippen LogP contribution < -0.4 is 10.2 Å². The van der Waals surface area contributed by atoms with Crippen molar-refractivity contribution >= 4 is 22.5 Å². The van der Waals surface area contributed by atoms with Gasteiger partial charge in [0.1, 0.15) is 0 Å². The Hall–Kier alpha value is -2.82. The lowest BCUT2D eigenvalue weighted by Gasteiger charge is -2.32. The van der Waals surface area contributed by atoms with Crippen LogP contribution >= 0.6 is 0 Å². The number of pyridine rings is 1. The lowest BCUT2D eigenvalue weighted by molar-refractivity contribution is -0.125. The number of hydrogen-bond acceptors (Lipinski definition) is 3. The molecule has 0 unspecified atom stereocenters. The van der Waals surface area contributed by atoms with Crippen LogP contribution in [0.2, 0.25) is 0 Å². The maximum absolute atomic E-state index is 12.5. The minimum atomic E-state index is 0.121. The molecule has 26 heavy (non-hydrogen) atoms. The predicted octanol–water partition coefficient (Wildman–Crippen LogP) is 3.14. The van der Waals surface area contributed by atoms with Crippen LogP contribution in [0.3, 0.4) is 0 Å². The molecule has 3 heterocycles. The average Bonchev–Trinajstić information content (AvgIpc) is 3.12. The molecule has 3 aromatic rings. The molecule has 4 rings (SSSR count). The Morgan fingerprint density at radius 2 is 1.92 bits per heavy atom. The van der Waals surface area contributed by atoms with Crippen molar-refractivity contribution in [3.8, 4) is 0 Å². The molecular formula is C21H24N4O. The topological polar surface area (TPSA) is 61.0 Å². The first kappa shape index (κ1) is 16.6. The van der Waals surface area contributed by atoms with Crippen LogP contribution in [0, 0.1) is 5.92 Å². The number of H-pyrrole nitrogens is 1. The van der Waals surface area contributed by atoms with Gasteiger partial charge in [-0.1, -0.05) is 18.2 Å². The number of aromatic nitrogens is 2. The molecular weight excluding hydrogens is 324 g/mol. The molecule has 5 heteroatoms. The first-order valence-electron chi connectivity index (χ1n) is 9.29. The van der Waals surface area contributed by atoms with Gasteiger partial charge in [0.15, 0.2) is 0 Å². The van der Waals surface area contributed by atoms with E-state index in [1.165, 1.54) is 16.6 Å².